The highest BCUT2D eigenvalue weighted by atomic mass is 16.3. The van der Waals surface area contributed by atoms with E-state index in [1.54, 1.807) is 0 Å². The van der Waals surface area contributed by atoms with Crippen molar-refractivity contribution in [2.45, 2.75) is 46.0 Å². The minimum atomic E-state index is -0.215. The Morgan fingerprint density at radius 1 is 0.536 bits per heavy atom. The Morgan fingerprint density at radius 3 is 1.88 bits per heavy atom. The minimum Gasteiger partial charge on any atom is -0.456 e. The molecule has 7 aromatic carbocycles. The number of aromatic nitrogens is 2. The lowest BCUT2D eigenvalue weighted by Gasteiger charge is -2.26. The number of fused-ring (bicyclic) bond motifs is 13. The van der Waals surface area contributed by atoms with Gasteiger partial charge in [-0.05, 0) is 107 Å². The van der Waals surface area contributed by atoms with E-state index < -0.39 is 0 Å². The molecule has 0 spiro atoms. The molecular weight excluding hydrogens is 681 g/mol. The van der Waals surface area contributed by atoms with Gasteiger partial charge in [0.25, 0.3) is 0 Å². The summed E-state index contributed by atoms with van der Waals surface area (Å²) in [6.45, 7) is 9.52. The summed E-state index contributed by atoms with van der Waals surface area (Å²) in [7, 11) is 0. The molecule has 12 rings (SSSR count). The van der Waals surface area contributed by atoms with Gasteiger partial charge in [0.2, 0.25) is 0 Å². The van der Waals surface area contributed by atoms with E-state index in [9.17, 15) is 0 Å². The van der Waals surface area contributed by atoms with Crippen molar-refractivity contribution in [1.82, 2.24) is 9.13 Å². The standard InChI is InChI=1S/C53H42N2O/c1-31-17-18-32(2)46(27-31)55-45-15-9-6-12-38(45)40-23-20-34(29-48(40)55)33-19-22-39-37-11-5-8-14-44(37)54(47(39)28-33)35-21-24-36-41-25-26-50-51(42-13-7-10-16-49(42)56-50)52(41)53(3,4)43(36)30-35/h5-16,19-32H,17-18H2,1-4H3. The Balaban J connectivity index is 1.05. The number of rotatable bonds is 3. The maximum absolute atomic E-state index is 6.37. The molecule has 0 fully saturated rings. The molecule has 0 radical (unpaired) electrons. The van der Waals surface area contributed by atoms with Crippen LogP contribution in [-0.4, -0.2) is 9.13 Å². The first-order chi connectivity index (χ1) is 27.3. The smallest absolute Gasteiger partial charge is 0.135 e. The maximum Gasteiger partial charge on any atom is 0.135 e. The van der Waals surface area contributed by atoms with E-state index in [0.29, 0.717) is 11.8 Å². The highest BCUT2D eigenvalue weighted by molar-refractivity contribution is 6.14. The van der Waals surface area contributed by atoms with Crippen molar-refractivity contribution in [2.75, 3.05) is 0 Å². The molecule has 0 saturated heterocycles. The van der Waals surface area contributed by atoms with Gasteiger partial charge in [0, 0.05) is 49.1 Å². The van der Waals surface area contributed by atoms with Crippen molar-refractivity contribution < 1.29 is 4.42 Å². The molecule has 270 valence electrons. The quantitative estimate of drug-likeness (QED) is 0.178. The first kappa shape index (κ1) is 32.0. The van der Waals surface area contributed by atoms with E-state index in [4.69, 9.17) is 4.42 Å². The zero-order valence-electron chi connectivity index (χ0n) is 32.2. The van der Waals surface area contributed by atoms with Crippen LogP contribution in [0, 0.1) is 11.8 Å². The number of para-hydroxylation sites is 3. The lowest BCUT2D eigenvalue weighted by Crippen LogP contribution is -2.16. The van der Waals surface area contributed by atoms with E-state index in [1.807, 2.05) is 0 Å². The third-order valence-corrected chi connectivity index (χ3v) is 13.3. The second-order valence-electron chi connectivity index (χ2n) is 17.0. The first-order valence-electron chi connectivity index (χ1n) is 20.2. The average molecular weight is 723 g/mol. The highest BCUT2D eigenvalue weighted by Gasteiger charge is 2.38. The second kappa shape index (κ2) is 11.4. The largest absolute Gasteiger partial charge is 0.456 e. The predicted octanol–water partition coefficient (Wildman–Crippen LogP) is 14.7. The third-order valence-electron chi connectivity index (χ3n) is 13.3. The van der Waals surface area contributed by atoms with E-state index >= 15 is 0 Å². The van der Waals surface area contributed by atoms with E-state index in [1.165, 1.54) is 112 Å². The summed E-state index contributed by atoms with van der Waals surface area (Å²) < 4.78 is 11.4. The van der Waals surface area contributed by atoms with Crippen LogP contribution in [0.4, 0.5) is 0 Å². The van der Waals surface area contributed by atoms with Crippen LogP contribution >= 0.6 is 0 Å². The average Bonchev–Trinajstić information content (AvgIpc) is 3.93. The highest BCUT2D eigenvalue weighted by Crippen LogP contribution is 2.54. The van der Waals surface area contributed by atoms with Gasteiger partial charge in [-0.15, -0.1) is 0 Å². The Kier molecular flexibility index (Phi) is 6.49. The van der Waals surface area contributed by atoms with Crippen molar-refractivity contribution in [1.29, 1.82) is 0 Å². The molecule has 0 bridgehead atoms. The Hall–Kier alpha value is -6.32. The topological polar surface area (TPSA) is 23.0 Å². The molecule has 3 heterocycles. The Morgan fingerprint density at radius 2 is 1.14 bits per heavy atom. The molecule has 3 nitrogen and oxygen atoms in total. The van der Waals surface area contributed by atoms with Crippen LogP contribution < -0.4 is 0 Å². The van der Waals surface area contributed by atoms with Gasteiger partial charge in [-0.3, -0.25) is 0 Å². The second-order valence-corrected chi connectivity index (χ2v) is 17.0. The van der Waals surface area contributed by atoms with Gasteiger partial charge in [0.1, 0.15) is 11.2 Å². The molecule has 3 heteroatoms. The normalized spacial score (nSPS) is 17.8. The van der Waals surface area contributed by atoms with Gasteiger partial charge < -0.3 is 13.6 Å². The molecule has 0 aliphatic heterocycles. The molecule has 0 saturated carbocycles. The summed E-state index contributed by atoms with van der Waals surface area (Å²) in [6.07, 6.45) is 4.99. The fourth-order valence-corrected chi connectivity index (χ4v) is 10.6. The molecule has 2 unspecified atom stereocenters. The molecule has 2 aliphatic rings. The van der Waals surface area contributed by atoms with Gasteiger partial charge in [-0.25, -0.2) is 0 Å². The van der Waals surface area contributed by atoms with Crippen molar-refractivity contribution in [3.63, 3.8) is 0 Å². The van der Waals surface area contributed by atoms with Crippen LogP contribution in [0.25, 0.3) is 99.2 Å². The zero-order chi connectivity index (χ0) is 37.4. The van der Waals surface area contributed by atoms with Crippen molar-refractivity contribution in [2.24, 2.45) is 11.8 Å². The van der Waals surface area contributed by atoms with Gasteiger partial charge >= 0.3 is 0 Å². The van der Waals surface area contributed by atoms with Crippen LogP contribution in [0.2, 0.25) is 0 Å². The number of hydrogen-bond acceptors (Lipinski definition) is 1. The van der Waals surface area contributed by atoms with Crippen LogP contribution in [0.15, 0.2) is 150 Å². The van der Waals surface area contributed by atoms with Gasteiger partial charge in [-0.2, -0.15) is 0 Å². The summed E-state index contributed by atoms with van der Waals surface area (Å²) in [6, 6.07) is 52.0. The number of furan rings is 1. The lowest BCUT2D eigenvalue weighted by molar-refractivity contribution is 0.503. The van der Waals surface area contributed by atoms with Gasteiger partial charge in [0.15, 0.2) is 0 Å². The van der Waals surface area contributed by atoms with Crippen LogP contribution in [0.5, 0.6) is 0 Å². The number of hydrogen-bond donors (Lipinski definition) is 0. The SMILES string of the molecule is CC1C=C(n2c3ccccc3c3ccc(-c4ccc5c6ccccc6n(-c6ccc7c(c6)C(C)(C)c6c-7ccc7oc8ccccc8c67)c5c4)cc32)C(C)CC1. The Bertz CT molecular complexity index is 3330. The van der Waals surface area contributed by atoms with Crippen LogP contribution in [0.3, 0.4) is 0 Å². The molecule has 0 amide bonds. The van der Waals surface area contributed by atoms with E-state index in [-0.39, 0.29) is 5.41 Å². The lowest BCUT2D eigenvalue weighted by atomic mass is 9.80. The molecule has 10 aromatic rings. The molecule has 56 heavy (non-hydrogen) atoms. The molecule has 2 atom stereocenters. The van der Waals surface area contributed by atoms with E-state index in [2.05, 4.69) is 182 Å². The molecular formula is C53H42N2O. The molecule has 3 aromatic heterocycles. The van der Waals surface area contributed by atoms with Gasteiger partial charge in [0.05, 0.1) is 22.1 Å². The van der Waals surface area contributed by atoms with Crippen molar-refractivity contribution in [3.05, 3.63) is 157 Å². The van der Waals surface area contributed by atoms with Gasteiger partial charge in [-0.1, -0.05) is 125 Å². The summed E-state index contributed by atoms with van der Waals surface area (Å²) in [5, 5.41) is 7.60. The maximum atomic E-state index is 6.37. The fourth-order valence-electron chi connectivity index (χ4n) is 10.6. The third kappa shape index (κ3) is 4.29. The van der Waals surface area contributed by atoms with Crippen LogP contribution in [-0.2, 0) is 5.41 Å². The summed E-state index contributed by atoms with van der Waals surface area (Å²) in [4.78, 5) is 0. The monoisotopic (exact) mass is 722 g/mol. The summed E-state index contributed by atoms with van der Waals surface area (Å²) >= 11 is 0. The zero-order valence-corrected chi connectivity index (χ0v) is 32.2. The predicted molar refractivity (Wildman–Crippen MR) is 236 cm³/mol. The number of benzene rings is 7. The van der Waals surface area contributed by atoms with E-state index in [0.717, 1.165) is 11.2 Å². The first-order valence-corrected chi connectivity index (χ1v) is 20.2. The van der Waals surface area contributed by atoms with Crippen molar-refractivity contribution >= 4 is 71.2 Å². The molecule has 0 N–H and O–H groups in total. The summed E-state index contributed by atoms with van der Waals surface area (Å²) in [5.74, 6) is 1.09. The van der Waals surface area contributed by atoms with Crippen LogP contribution in [0.1, 0.15) is 51.7 Å². The van der Waals surface area contributed by atoms with Crippen molar-refractivity contribution in [3.8, 4) is 27.9 Å². The summed E-state index contributed by atoms with van der Waals surface area (Å²) in [5.41, 5.74) is 17.1. The fraction of sp³-hybridized carbons (Fsp3) is 0.170. The number of allylic oxidation sites excluding steroid dienone is 2. The minimum absolute atomic E-state index is 0.215. The Labute approximate surface area is 326 Å². The number of nitrogens with zero attached hydrogens (tertiary/aromatic N) is 2. The molecule has 2 aliphatic carbocycles.